The van der Waals surface area contributed by atoms with E-state index in [2.05, 4.69) is 17.3 Å². The molecule has 1 aromatic heterocycles. The van der Waals surface area contributed by atoms with E-state index in [9.17, 15) is 0 Å². The Bertz CT molecular complexity index is 386. The zero-order valence-corrected chi connectivity index (χ0v) is 10.9. The topological polar surface area (TPSA) is 69.4 Å². The molecule has 2 rings (SSSR count). The quantitative estimate of drug-likeness (QED) is 0.611. The SMILES string of the molecule is CCC1OCCC1C(NN)c1cncc(OC)c1. The van der Waals surface area contributed by atoms with E-state index >= 15 is 0 Å². The zero-order valence-electron chi connectivity index (χ0n) is 10.9. The van der Waals surface area contributed by atoms with Crippen LogP contribution in [0.5, 0.6) is 5.75 Å². The Kier molecular flexibility index (Phi) is 4.52. The number of aromatic nitrogens is 1. The Balaban J connectivity index is 2.21. The van der Waals surface area contributed by atoms with Crippen molar-refractivity contribution in [2.45, 2.75) is 31.9 Å². The van der Waals surface area contributed by atoms with Gasteiger partial charge in [0.15, 0.2) is 0 Å². The number of methoxy groups -OCH3 is 1. The van der Waals surface area contributed by atoms with Gasteiger partial charge in [-0.15, -0.1) is 0 Å². The van der Waals surface area contributed by atoms with Crippen molar-refractivity contribution in [2.24, 2.45) is 11.8 Å². The van der Waals surface area contributed by atoms with Crippen molar-refractivity contribution in [3.63, 3.8) is 0 Å². The molecule has 3 atom stereocenters. The third kappa shape index (κ3) is 2.63. The van der Waals surface area contributed by atoms with Crippen molar-refractivity contribution in [1.29, 1.82) is 0 Å². The molecule has 1 aliphatic rings. The summed E-state index contributed by atoms with van der Waals surface area (Å²) in [5, 5.41) is 0. The van der Waals surface area contributed by atoms with Gasteiger partial charge < -0.3 is 9.47 Å². The molecule has 0 radical (unpaired) electrons. The van der Waals surface area contributed by atoms with Gasteiger partial charge in [0, 0.05) is 18.7 Å². The molecular weight excluding hydrogens is 230 g/mol. The van der Waals surface area contributed by atoms with E-state index in [-0.39, 0.29) is 12.1 Å². The summed E-state index contributed by atoms with van der Waals surface area (Å²) in [5.41, 5.74) is 3.95. The zero-order chi connectivity index (χ0) is 13.0. The second-order valence-corrected chi connectivity index (χ2v) is 4.57. The molecule has 100 valence electrons. The van der Waals surface area contributed by atoms with Crippen molar-refractivity contribution < 1.29 is 9.47 Å². The average molecular weight is 251 g/mol. The minimum Gasteiger partial charge on any atom is -0.495 e. The average Bonchev–Trinajstić information content (AvgIpc) is 2.88. The Morgan fingerprint density at radius 1 is 1.61 bits per heavy atom. The number of pyridine rings is 1. The number of nitrogens with zero attached hydrogens (tertiary/aromatic N) is 1. The third-order valence-electron chi connectivity index (χ3n) is 3.60. The van der Waals surface area contributed by atoms with Crippen molar-refractivity contribution in [2.75, 3.05) is 13.7 Å². The maximum Gasteiger partial charge on any atom is 0.137 e. The van der Waals surface area contributed by atoms with Gasteiger partial charge in [0.1, 0.15) is 5.75 Å². The summed E-state index contributed by atoms with van der Waals surface area (Å²) in [5.74, 6) is 6.85. The van der Waals surface area contributed by atoms with Crippen LogP contribution >= 0.6 is 0 Å². The van der Waals surface area contributed by atoms with Crippen molar-refractivity contribution >= 4 is 0 Å². The Morgan fingerprint density at radius 3 is 3.11 bits per heavy atom. The third-order valence-corrected chi connectivity index (χ3v) is 3.60. The predicted molar refractivity (Wildman–Crippen MR) is 69.0 cm³/mol. The van der Waals surface area contributed by atoms with E-state index in [1.807, 2.05) is 12.3 Å². The molecular formula is C13H21N3O2. The molecule has 0 amide bonds. The lowest BCUT2D eigenvalue weighted by Crippen LogP contribution is -2.37. The van der Waals surface area contributed by atoms with E-state index in [1.54, 1.807) is 13.3 Å². The highest BCUT2D eigenvalue weighted by molar-refractivity contribution is 5.26. The van der Waals surface area contributed by atoms with Gasteiger partial charge in [-0.25, -0.2) is 0 Å². The first-order valence-corrected chi connectivity index (χ1v) is 6.36. The van der Waals surface area contributed by atoms with Crippen LogP contribution in [-0.4, -0.2) is 24.8 Å². The van der Waals surface area contributed by atoms with Crippen LogP contribution in [0.25, 0.3) is 0 Å². The molecule has 1 fully saturated rings. The Hall–Kier alpha value is -1.17. The van der Waals surface area contributed by atoms with Crippen LogP contribution in [0.2, 0.25) is 0 Å². The molecule has 2 heterocycles. The van der Waals surface area contributed by atoms with Crippen LogP contribution < -0.4 is 16.0 Å². The fraction of sp³-hybridized carbons (Fsp3) is 0.615. The van der Waals surface area contributed by atoms with Crippen LogP contribution in [0.1, 0.15) is 31.4 Å². The van der Waals surface area contributed by atoms with E-state index in [0.717, 1.165) is 30.8 Å². The van der Waals surface area contributed by atoms with Crippen LogP contribution in [-0.2, 0) is 4.74 Å². The van der Waals surface area contributed by atoms with Crippen LogP contribution in [0.15, 0.2) is 18.5 Å². The smallest absolute Gasteiger partial charge is 0.137 e. The molecule has 1 aliphatic heterocycles. The number of ether oxygens (including phenoxy) is 2. The lowest BCUT2D eigenvalue weighted by Gasteiger charge is -2.26. The molecule has 3 N–H and O–H groups in total. The predicted octanol–water partition coefficient (Wildman–Crippen LogP) is 1.41. The van der Waals surface area contributed by atoms with Gasteiger partial charge in [-0.2, -0.15) is 0 Å². The Labute approximate surface area is 108 Å². The van der Waals surface area contributed by atoms with Gasteiger partial charge >= 0.3 is 0 Å². The molecule has 18 heavy (non-hydrogen) atoms. The second-order valence-electron chi connectivity index (χ2n) is 4.57. The number of hydrogen-bond acceptors (Lipinski definition) is 5. The molecule has 1 aromatic rings. The molecule has 5 heteroatoms. The summed E-state index contributed by atoms with van der Waals surface area (Å²) >= 11 is 0. The maximum absolute atomic E-state index is 5.73. The minimum atomic E-state index is 0.0556. The monoisotopic (exact) mass is 251 g/mol. The molecule has 0 bridgehead atoms. The highest BCUT2D eigenvalue weighted by Crippen LogP contribution is 2.34. The van der Waals surface area contributed by atoms with Crippen LogP contribution in [0, 0.1) is 5.92 Å². The fourth-order valence-corrected chi connectivity index (χ4v) is 2.65. The van der Waals surface area contributed by atoms with Crippen molar-refractivity contribution in [3.8, 4) is 5.75 Å². The maximum atomic E-state index is 5.73. The number of rotatable bonds is 5. The summed E-state index contributed by atoms with van der Waals surface area (Å²) in [4.78, 5) is 4.19. The van der Waals surface area contributed by atoms with E-state index < -0.39 is 0 Å². The Morgan fingerprint density at radius 2 is 2.44 bits per heavy atom. The molecule has 0 aromatic carbocycles. The van der Waals surface area contributed by atoms with Gasteiger partial charge in [0.2, 0.25) is 0 Å². The number of hydrogen-bond donors (Lipinski definition) is 2. The molecule has 0 aliphatic carbocycles. The minimum absolute atomic E-state index is 0.0556. The summed E-state index contributed by atoms with van der Waals surface area (Å²) < 4.78 is 10.9. The van der Waals surface area contributed by atoms with E-state index in [4.69, 9.17) is 15.3 Å². The van der Waals surface area contributed by atoms with Gasteiger partial charge in [-0.1, -0.05) is 6.92 Å². The molecule has 0 saturated carbocycles. The fourth-order valence-electron chi connectivity index (χ4n) is 2.65. The normalized spacial score (nSPS) is 25.1. The van der Waals surface area contributed by atoms with Crippen LogP contribution in [0.3, 0.4) is 0 Å². The van der Waals surface area contributed by atoms with Gasteiger partial charge in [0.25, 0.3) is 0 Å². The summed E-state index contributed by atoms with van der Waals surface area (Å²) in [6.45, 7) is 2.94. The lowest BCUT2D eigenvalue weighted by molar-refractivity contribution is 0.0773. The molecule has 5 nitrogen and oxygen atoms in total. The van der Waals surface area contributed by atoms with E-state index in [0.29, 0.717) is 5.92 Å². The molecule has 0 spiro atoms. The molecule has 1 saturated heterocycles. The highest BCUT2D eigenvalue weighted by Gasteiger charge is 2.34. The summed E-state index contributed by atoms with van der Waals surface area (Å²) in [6.07, 6.45) is 5.81. The largest absolute Gasteiger partial charge is 0.495 e. The van der Waals surface area contributed by atoms with Crippen LogP contribution in [0.4, 0.5) is 0 Å². The number of nitrogens with one attached hydrogen (secondary N) is 1. The first-order valence-electron chi connectivity index (χ1n) is 6.36. The lowest BCUT2D eigenvalue weighted by atomic mass is 9.88. The van der Waals surface area contributed by atoms with E-state index in [1.165, 1.54) is 0 Å². The van der Waals surface area contributed by atoms with Gasteiger partial charge in [-0.05, 0) is 24.5 Å². The highest BCUT2D eigenvalue weighted by atomic mass is 16.5. The molecule has 3 unspecified atom stereocenters. The van der Waals surface area contributed by atoms with Gasteiger partial charge in [-0.3, -0.25) is 16.3 Å². The second kappa shape index (κ2) is 6.13. The number of hydrazine groups is 1. The van der Waals surface area contributed by atoms with Gasteiger partial charge in [0.05, 0.1) is 25.5 Å². The first-order chi connectivity index (χ1) is 8.80. The summed E-state index contributed by atoms with van der Waals surface area (Å²) in [7, 11) is 1.64. The van der Waals surface area contributed by atoms with Crippen molar-refractivity contribution in [3.05, 3.63) is 24.0 Å². The standard InChI is InChI=1S/C13H21N3O2/c1-3-12-11(4-5-18-12)13(16-14)9-6-10(17-2)8-15-7-9/h6-8,11-13,16H,3-5,14H2,1-2H3. The number of nitrogens with two attached hydrogens (primary N) is 1. The first kappa shape index (κ1) is 13.3. The summed E-state index contributed by atoms with van der Waals surface area (Å²) in [6, 6.07) is 2.03. The van der Waals surface area contributed by atoms with Crippen molar-refractivity contribution in [1.82, 2.24) is 10.4 Å².